The number of nitrogens with zero attached hydrogens (tertiary/aromatic N) is 2. The molecule has 6 nitrogen and oxygen atoms in total. The van der Waals surface area contributed by atoms with E-state index in [1.165, 1.54) is 16.7 Å². The zero-order chi connectivity index (χ0) is 21.0. The van der Waals surface area contributed by atoms with E-state index < -0.39 is 6.04 Å². The van der Waals surface area contributed by atoms with Crippen molar-refractivity contribution in [2.45, 2.75) is 44.7 Å². The molecule has 0 radical (unpaired) electrons. The fourth-order valence-corrected chi connectivity index (χ4v) is 5.21. The van der Waals surface area contributed by atoms with Gasteiger partial charge in [-0.25, -0.2) is 0 Å². The molecule has 0 spiro atoms. The van der Waals surface area contributed by atoms with Gasteiger partial charge >= 0.3 is 0 Å². The van der Waals surface area contributed by atoms with E-state index in [0.29, 0.717) is 27.9 Å². The molecule has 2 atom stereocenters. The molecule has 29 heavy (non-hydrogen) atoms. The van der Waals surface area contributed by atoms with Crippen LogP contribution in [0.4, 0.5) is 0 Å². The van der Waals surface area contributed by atoms with Gasteiger partial charge in [-0.3, -0.25) is 14.5 Å². The Morgan fingerprint density at radius 1 is 1.45 bits per heavy atom. The number of hydrogen-bond acceptors (Lipinski definition) is 6. The van der Waals surface area contributed by atoms with Crippen LogP contribution in [0.15, 0.2) is 29.2 Å². The SMILES string of the molecule is COc1cccc(C=C2SC(=S)N(C(C)C(=O)N3CCCCC3CCO)C2=O)c1. The van der Waals surface area contributed by atoms with E-state index in [9.17, 15) is 14.7 Å². The van der Waals surface area contributed by atoms with Crippen LogP contribution in [0, 0.1) is 0 Å². The number of aliphatic hydroxyl groups excluding tert-OH is 1. The third-order valence-electron chi connectivity index (χ3n) is 5.33. The summed E-state index contributed by atoms with van der Waals surface area (Å²) in [5.41, 5.74) is 0.836. The van der Waals surface area contributed by atoms with Crippen molar-refractivity contribution in [3.63, 3.8) is 0 Å². The molecule has 1 N–H and O–H groups in total. The van der Waals surface area contributed by atoms with E-state index >= 15 is 0 Å². The Bertz CT molecular complexity index is 825. The van der Waals surface area contributed by atoms with Gasteiger partial charge in [-0.2, -0.15) is 0 Å². The van der Waals surface area contributed by atoms with Gasteiger partial charge in [0.1, 0.15) is 16.1 Å². The van der Waals surface area contributed by atoms with E-state index in [1.54, 1.807) is 20.1 Å². The summed E-state index contributed by atoms with van der Waals surface area (Å²) in [6.07, 6.45) is 5.20. The average Bonchev–Trinajstić information content (AvgIpc) is 3.00. The van der Waals surface area contributed by atoms with Crippen LogP contribution in [-0.2, 0) is 9.59 Å². The zero-order valence-corrected chi connectivity index (χ0v) is 18.3. The number of aliphatic hydroxyl groups is 1. The summed E-state index contributed by atoms with van der Waals surface area (Å²) in [4.78, 5) is 29.9. The maximum Gasteiger partial charge on any atom is 0.266 e. The van der Waals surface area contributed by atoms with Crippen molar-refractivity contribution in [2.75, 3.05) is 20.3 Å². The first-order chi connectivity index (χ1) is 14.0. The summed E-state index contributed by atoms with van der Waals surface area (Å²) < 4.78 is 5.62. The highest BCUT2D eigenvalue weighted by Crippen LogP contribution is 2.35. The summed E-state index contributed by atoms with van der Waals surface area (Å²) in [5, 5.41) is 9.32. The Hall–Kier alpha value is -1.90. The van der Waals surface area contributed by atoms with Gasteiger partial charge in [0.15, 0.2) is 0 Å². The predicted molar refractivity (Wildman–Crippen MR) is 119 cm³/mol. The molecule has 156 valence electrons. The van der Waals surface area contributed by atoms with Crippen LogP contribution in [0.1, 0.15) is 38.2 Å². The number of carbonyl (C=O) groups is 2. The van der Waals surface area contributed by atoms with Crippen molar-refractivity contribution in [1.29, 1.82) is 0 Å². The van der Waals surface area contributed by atoms with E-state index in [-0.39, 0.29) is 24.5 Å². The lowest BCUT2D eigenvalue weighted by Gasteiger charge is -2.38. The Balaban J connectivity index is 1.77. The van der Waals surface area contributed by atoms with Crippen LogP contribution in [0.2, 0.25) is 0 Å². The molecule has 8 heteroatoms. The van der Waals surface area contributed by atoms with Gasteiger partial charge in [0.25, 0.3) is 5.91 Å². The molecule has 2 saturated heterocycles. The summed E-state index contributed by atoms with van der Waals surface area (Å²) in [7, 11) is 1.59. The van der Waals surface area contributed by atoms with Gasteiger partial charge in [0.05, 0.1) is 12.0 Å². The van der Waals surface area contributed by atoms with Crippen molar-refractivity contribution in [1.82, 2.24) is 9.80 Å². The van der Waals surface area contributed by atoms with Crippen molar-refractivity contribution in [2.24, 2.45) is 0 Å². The number of hydrogen-bond donors (Lipinski definition) is 1. The fraction of sp³-hybridized carbons (Fsp3) is 0.476. The molecule has 3 rings (SSSR count). The molecule has 1 aromatic carbocycles. The van der Waals surface area contributed by atoms with Crippen LogP contribution in [-0.4, -0.2) is 63.4 Å². The molecule has 1 aromatic rings. The molecule has 2 heterocycles. The largest absolute Gasteiger partial charge is 0.497 e. The molecular weight excluding hydrogens is 408 g/mol. The number of methoxy groups -OCH3 is 1. The Morgan fingerprint density at radius 3 is 2.97 bits per heavy atom. The molecule has 0 aliphatic carbocycles. The summed E-state index contributed by atoms with van der Waals surface area (Å²) in [6, 6.07) is 6.78. The van der Waals surface area contributed by atoms with Gasteiger partial charge in [0, 0.05) is 19.2 Å². The molecular formula is C21H26N2O4S2. The minimum atomic E-state index is -0.669. The number of thioether (sulfide) groups is 1. The summed E-state index contributed by atoms with van der Waals surface area (Å²) >= 11 is 6.64. The topological polar surface area (TPSA) is 70.1 Å². The highest BCUT2D eigenvalue weighted by molar-refractivity contribution is 8.26. The third-order valence-corrected chi connectivity index (χ3v) is 6.66. The molecule has 0 aromatic heterocycles. The second-order valence-electron chi connectivity index (χ2n) is 7.20. The lowest BCUT2D eigenvalue weighted by atomic mass is 9.98. The minimum Gasteiger partial charge on any atom is -0.497 e. The van der Waals surface area contributed by atoms with Crippen molar-refractivity contribution < 1.29 is 19.4 Å². The van der Waals surface area contributed by atoms with E-state index in [1.807, 2.05) is 29.2 Å². The number of benzene rings is 1. The van der Waals surface area contributed by atoms with E-state index in [4.69, 9.17) is 17.0 Å². The summed E-state index contributed by atoms with van der Waals surface area (Å²) in [5.74, 6) is 0.347. The lowest BCUT2D eigenvalue weighted by molar-refractivity contribution is -0.142. The van der Waals surface area contributed by atoms with E-state index in [0.717, 1.165) is 24.8 Å². The molecule has 2 unspecified atom stereocenters. The number of likely N-dealkylation sites (tertiary alicyclic amines) is 1. The quantitative estimate of drug-likeness (QED) is 0.548. The predicted octanol–water partition coefficient (Wildman–Crippen LogP) is 3.05. The molecule has 0 bridgehead atoms. The van der Waals surface area contributed by atoms with Crippen molar-refractivity contribution in [3.05, 3.63) is 34.7 Å². The van der Waals surface area contributed by atoms with Crippen LogP contribution in [0.5, 0.6) is 5.75 Å². The second kappa shape index (κ2) is 9.73. The molecule has 2 amide bonds. The second-order valence-corrected chi connectivity index (χ2v) is 8.87. The third kappa shape index (κ3) is 4.82. The minimum absolute atomic E-state index is 0.0226. The molecule has 2 aliphatic heterocycles. The normalized spacial score (nSPS) is 22.3. The van der Waals surface area contributed by atoms with Crippen LogP contribution in [0.25, 0.3) is 6.08 Å². The van der Waals surface area contributed by atoms with Gasteiger partial charge in [-0.1, -0.05) is 36.1 Å². The number of thiocarbonyl (C=S) groups is 1. The highest BCUT2D eigenvalue weighted by Gasteiger charge is 2.41. The maximum absolute atomic E-state index is 13.2. The number of carbonyl (C=O) groups excluding carboxylic acids is 2. The molecule has 2 aliphatic rings. The zero-order valence-electron chi connectivity index (χ0n) is 16.7. The van der Waals surface area contributed by atoms with Crippen LogP contribution >= 0.6 is 24.0 Å². The first-order valence-electron chi connectivity index (χ1n) is 9.78. The fourth-order valence-electron chi connectivity index (χ4n) is 3.79. The molecule has 0 saturated carbocycles. The standard InChI is InChI=1S/C21H26N2O4S2/c1-14(19(25)22-10-4-3-7-16(22)9-11-24)23-20(26)18(29-21(23)28)13-15-6-5-8-17(12-15)27-2/h5-6,8,12-14,16,24H,3-4,7,9-11H2,1-2H3. The van der Waals surface area contributed by atoms with Gasteiger partial charge in [-0.15, -0.1) is 0 Å². The Kier molecular flexibility index (Phi) is 7.32. The van der Waals surface area contributed by atoms with Crippen molar-refractivity contribution >= 4 is 46.2 Å². The molecule has 2 fully saturated rings. The number of rotatable bonds is 6. The Morgan fingerprint density at radius 2 is 2.24 bits per heavy atom. The van der Waals surface area contributed by atoms with E-state index in [2.05, 4.69) is 0 Å². The smallest absolute Gasteiger partial charge is 0.266 e. The first kappa shape index (κ1) is 21.8. The highest BCUT2D eigenvalue weighted by atomic mass is 32.2. The Labute approximate surface area is 180 Å². The van der Waals surface area contributed by atoms with Gasteiger partial charge < -0.3 is 14.7 Å². The summed E-state index contributed by atoms with van der Waals surface area (Å²) in [6.45, 7) is 2.43. The van der Waals surface area contributed by atoms with Crippen LogP contribution < -0.4 is 4.74 Å². The maximum atomic E-state index is 13.2. The monoisotopic (exact) mass is 434 g/mol. The number of piperidine rings is 1. The number of ether oxygens (including phenoxy) is 1. The van der Waals surface area contributed by atoms with Gasteiger partial charge in [0.2, 0.25) is 5.91 Å². The van der Waals surface area contributed by atoms with Gasteiger partial charge in [-0.05, 0) is 56.4 Å². The average molecular weight is 435 g/mol. The number of amides is 2. The van der Waals surface area contributed by atoms with Crippen molar-refractivity contribution in [3.8, 4) is 5.75 Å². The first-order valence-corrected chi connectivity index (χ1v) is 11.0. The van der Waals surface area contributed by atoms with Crippen LogP contribution in [0.3, 0.4) is 0 Å². The lowest BCUT2D eigenvalue weighted by Crippen LogP contribution is -2.53.